The molecule has 3 amide bonds. The zero-order valence-electron chi connectivity index (χ0n) is 18.4. The lowest BCUT2D eigenvalue weighted by atomic mass is 10.1. The number of nitrogens with zero attached hydrogens (tertiary/aromatic N) is 2. The average Bonchev–Trinajstić information content (AvgIpc) is 3.22. The lowest BCUT2D eigenvalue weighted by Gasteiger charge is -2.33. The van der Waals surface area contributed by atoms with E-state index in [0.29, 0.717) is 13.1 Å². The van der Waals surface area contributed by atoms with Gasteiger partial charge in [0.15, 0.2) is 4.87 Å². The molecule has 5 rings (SSSR count). The van der Waals surface area contributed by atoms with E-state index in [2.05, 4.69) is 5.32 Å². The van der Waals surface area contributed by atoms with Crippen molar-refractivity contribution >= 4 is 35.1 Å². The molecule has 33 heavy (non-hydrogen) atoms. The van der Waals surface area contributed by atoms with Crippen LogP contribution in [0.25, 0.3) is 0 Å². The molecule has 1 saturated heterocycles. The number of thioether (sulfide) groups is 1. The Morgan fingerprint density at radius 1 is 1.00 bits per heavy atom. The van der Waals surface area contributed by atoms with Gasteiger partial charge in [-0.15, -0.1) is 11.8 Å². The van der Waals surface area contributed by atoms with Crippen LogP contribution in [0.5, 0.6) is 0 Å². The number of benzene rings is 3. The highest BCUT2D eigenvalue weighted by Crippen LogP contribution is 2.59. The zero-order chi connectivity index (χ0) is 23.2. The first-order chi connectivity index (χ1) is 15.8. The predicted molar refractivity (Wildman–Crippen MR) is 130 cm³/mol. The van der Waals surface area contributed by atoms with Crippen LogP contribution in [0.15, 0.2) is 78.9 Å². The number of fused-ring (bicyclic) bond motifs is 2. The van der Waals surface area contributed by atoms with E-state index in [9.17, 15) is 14.0 Å². The Morgan fingerprint density at radius 2 is 1.67 bits per heavy atom. The van der Waals surface area contributed by atoms with E-state index in [-0.39, 0.29) is 16.3 Å². The average molecular weight is 462 g/mol. The van der Waals surface area contributed by atoms with Crippen molar-refractivity contribution < 1.29 is 14.0 Å². The molecule has 0 aromatic heterocycles. The number of urea groups is 1. The minimum Gasteiger partial charge on any atom is -0.305 e. The molecular weight excluding hydrogens is 437 g/mol. The standard InChI is InChI=1S/C26H24FN3O2S/c1-25(2)17-30(24(32)28-21-14-8-7-13-20(21)27)26(33-25)19-12-6-9-15-22(19)29(23(26)31)16-18-10-4-3-5-11-18/h3-15H,16-17H2,1-2H3,(H,28,32)/t26-/m0/s1. The summed E-state index contributed by atoms with van der Waals surface area (Å²) in [5.74, 6) is -0.679. The number of carbonyl (C=O) groups excluding carboxylic acids is 2. The molecule has 2 aliphatic rings. The Kier molecular flexibility index (Phi) is 5.16. The summed E-state index contributed by atoms with van der Waals surface area (Å²) in [7, 11) is 0. The van der Waals surface area contributed by atoms with Gasteiger partial charge in [-0.3, -0.25) is 9.69 Å². The highest BCUT2D eigenvalue weighted by molar-refractivity contribution is 8.02. The third-order valence-corrected chi connectivity index (χ3v) is 7.57. The molecule has 0 saturated carbocycles. The number of hydrogen-bond acceptors (Lipinski definition) is 3. The van der Waals surface area contributed by atoms with Gasteiger partial charge in [-0.1, -0.05) is 60.7 Å². The van der Waals surface area contributed by atoms with Crippen molar-refractivity contribution in [2.24, 2.45) is 0 Å². The number of hydrogen-bond donors (Lipinski definition) is 1. The van der Waals surface area contributed by atoms with Gasteiger partial charge in [0.1, 0.15) is 5.82 Å². The Balaban J connectivity index is 1.57. The quantitative estimate of drug-likeness (QED) is 0.554. The molecule has 0 unspecified atom stereocenters. The summed E-state index contributed by atoms with van der Waals surface area (Å²) in [6.45, 7) is 4.79. The molecule has 0 aliphatic carbocycles. The largest absolute Gasteiger partial charge is 0.323 e. The SMILES string of the molecule is CC1(C)CN(C(=O)Nc2ccccc2F)[C@@]2(S1)C(=O)N(Cc1ccccc1)c1ccccc12. The molecule has 3 aromatic rings. The Bertz CT molecular complexity index is 1230. The van der Waals surface area contributed by atoms with Crippen LogP contribution in [0.4, 0.5) is 20.6 Å². The van der Waals surface area contributed by atoms with Gasteiger partial charge in [0.05, 0.1) is 17.9 Å². The van der Waals surface area contributed by atoms with Gasteiger partial charge >= 0.3 is 6.03 Å². The fourth-order valence-corrected chi connectivity index (χ4v) is 6.36. The number of nitrogens with one attached hydrogen (secondary N) is 1. The van der Waals surface area contributed by atoms with Gasteiger partial charge in [-0.05, 0) is 37.6 Å². The molecule has 2 aliphatic heterocycles. The maximum atomic E-state index is 14.3. The van der Waals surface area contributed by atoms with Crippen molar-refractivity contribution in [3.63, 3.8) is 0 Å². The number of anilines is 2. The first-order valence-electron chi connectivity index (χ1n) is 10.8. The van der Waals surface area contributed by atoms with Crippen LogP contribution in [-0.4, -0.2) is 28.1 Å². The monoisotopic (exact) mass is 461 g/mol. The molecule has 2 heterocycles. The van der Waals surface area contributed by atoms with E-state index < -0.39 is 16.7 Å². The fraction of sp³-hybridized carbons (Fsp3) is 0.231. The summed E-state index contributed by atoms with van der Waals surface area (Å²) in [6.07, 6.45) is 0. The van der Waals surface area contributed by atoms with Crippen LogP contribution >= 0.6 is 11.8 Å². The second-order valence-electron chi connectivity index (χ2n) is 8.90. The lowest BCUT2D eigenvalue weighted by Crippen LogP contribution is -2.51. The van der Waals surface area contributed by atoms with Gasteiger partial charge in [-0.2, -0.15) is 0 Å². The van der Waals surface area contributed by atoms with Crippen molar-refractivity contribution in [1.82, 2.24) is 4.90 Å². The molecule has 0 bridgehead atoms. The third kappa shape index (κ3) is 3.56. The van der Waals surface area contributed by atoms with E-state index in [0.717, 1.165) is 16.8 Å². The summed E-state index contributed by atoms with van der Waals surface area (Å²) >= 11 is 1.47. The number of rotatable bonds is 3. The normalized spacial score (nSPS) is 20.9. The topological polar surface area (TPSA) is 52.7 Å². The summed E-state index contributed by atoms with van der Waals surface area (Å²) in [5, 5.41) is 2.68. The second kappa shape index (κ2) is 7.92. The molecule has 5 nitrogen and oxygen atoms in total. The molecule has 1 atom stereocenters. The summed E-state index contributed by atoms with van der Waals surface area (Å²) in [4.78, 5) is 29.7. The first kappa shape index (κ1) is 21.5. The molecule has 0 radical (unpaired) electrons. The molecule has 1 N–H and O–H groups in total. The van der Waals surface area contributed by atoms with Crippen LogP contribution in [0, 0.1) is 5.82 Å². The minimum absolute atomic E-state index is 0.0900. The van der Waals surface area contributed by atoms with E-state index in [1.54, 1.807) is 21.9 Å². The minimum atomic E-state index is -1.22. The molecule has 1 fully saturated rings. The van der Waals surface area contributed by atoms with Crippen LogP contribution in [0.1, 0.15) is 25.0 Å². The third-order valence-electron chi connectivity index (χ3n) is 5.98. The van der Waals surface area contributed by atoms with Crippen molar-refractivity contribution in [3.8, 4) is 0 Å². The van der Waals surface area contributed by atoms with Crippen molar-refractivity contribution in [1.29, 1.82) is 0 Å². The second-order valence-corrected chi connectivity index (χ2v) is 10.8. The lowest BCUT2D eigenvalue weighted by molar-refractivity contribution is -0.123. The summed E-state index contributed by atoms with van der Waals surface area (Å²) in [6, 6.07) is 23.0. The van der Waals surface area contributed by atoms with Gasteiger partial charge in [-0.25, -0.2) is 9.18 Å². The van der Waals surface area contributed by atoms with Crippen molar-refractivity contribution in [2.75, 3.05) is 16.8 Å². The molecule has 1 spiro atoms. The predicted octanol–water partition coefficient (Wildman–Crippen LogP) is 5.58. The molecular formula is C26H24FN3O2S. The summed E-state index contributed by atoms with van der Waals surface area (Å²) in [5.41, 5.74) is 2.67. The van der Waals surface area contributed by atoms with Gasteiger partial charge in [0.2, 0.25) is 0 Å². The van der Waals surface area contributed by atoms with Crippen LogP contribution in [0.2, 0.25) is 0 Å². The van der Waals surface area contributed by atoms with Gasteiger partial charge < -0.3 is 10.2 Å². The van der Waals surface area contributed by atoms with Gasteiger partial charge in [0.25, 0.3) is 5.91 Å². The number of amides is 3. The zero-order valence-corrected chi connectivity index (χ0v) is 19.2. The number of carbonyl (C=O) groups is 2. The molecule has 168 valence electrons. The van der Waals surface area contributed by atoms with Crippen molar-refractivity contribution in [3.05, 3.63) is 95.8 Å². The van der Waals surface area contributed by atoms with Gasteiger partial charge in [0, 0.05) is 16.9 Å². The van der Waals surface area contributed by atoms with Crippen LogP contribution in [-0.2, 0) is 16.2 Å². The smallest absolute Gasteiger partial charge is 0.305 e. The molecule has 3 aromatic carbocycles. The van der Waals surface area contributed by atoms with Crippen LogP contribution in [0.3, 0.4) is 0 Å². The Labute approximate surface area is 196 Å². The van der Waals surface area contributed by atoms with E-state index in [1.807, 2.05) is 68.4 Å². The Morgan fingerprint density at radius 3 is 2.42 bits per heavy atom. The fourth-order valence-electron chi connectivity index (χ4n) is 4.62. The van der Waals surface area contributed by atoms with E-state index in [4.69, 9.17) is 0 Å². The van der Waals surface area contributed by atoms with E-state index >= 15 is 0 Å². The summed E-state index contributed by atoms with van der Waals surface area (Å²) < 4.78 is 13.9. The number of para-hydroxylation sites is 2. The van der Waals surface area contributed by atoms with E-state index in [1.165, 1.54) is 23.9 Å². The number of halogens is 1. The Hall–Kier alpha value is -3.32. The highest BCUT2D eigenvalue weighted by Gasteiger charge is 2.63. The van der Waals surface area contributed by atoms with Crippen molar-refractivity contribution in [2.45, 2.75) is 30.0 Å². The maximum absolute atomic E-state index is 14.3. The highest BCUT2D eigenvalue weighted by atomic mass is 32.2. The molecule has 7 heteroatoms. The first-order valence-corrected chi connectivity index (χ1v) is 11.6. The maximum Gasteiger partial charge on any atom is 0.323 e. The van der Waals surface area contributed by atoms with Crippen LogP contribution < -0.4 is 10.2 Å².